The average molecular weight is 261 g/mol. The Morgan fingerprint density at radius 1 is 1.32 bits per heavy atom. The van der Waals surface area contributed by atoms with Gasteiger partial charge in [0, 0.05) is 43.1 Å². The number of hydrogen-bond donors (Lipinski definition) is 1. The highest BCUT2D eigenvalue weighted by atomic mass is 15.3. The summed E-state index contributed by atoms with van der Waals surface area (Å²) >= 11 is 0. The molecule has 0 aliphatic carbocycles. The largest absolute Gasteiger partial charge is 0.307 e. The highest BCUT2D eigenvalue weighted by Gasteiger charge is 2.08. The van der Waals surface area contributed by atoms with E-state index in [9.17, 15) is 0 Å². The number of rotatable bonds is 6. The van der Waals surface area contributed by atoms with Crippen molar-refractivity contribution < 1.29 is 0 Å². The molecule has 2 rings (SSSR count). The first-order valence-electron chi connectivity index (χ1n) is 6.87. The van der Waals surface area contributed by atoms with E-state index >= 15 is 0 Å². The normalized spacial score (nSPS) is 11.4. The summed E-state index contributed by atoms with van der Waals surface area (Å²) in [6, 6.07) is 2.47. The van der Waals surface area contributed by atoms with Crippen molar-refractivity contribution in [3.63, 3.8) is 0 Å². The second-order valence-electron chi connectivity index (χ2n) is 5.06. The zero-order valence-corrected chi connectivity index (χ0v) is 12.2. The van der Waals surface area contributed by atoms with Gasteiger partial charge in [0.25, 0.3) is 0 Å². The van der Waals surface area contributed by atoms with Crippen molar-refractivity contribution in [3.05, 3.63) is 35.4 Å². The predicted octanol–water partition coefficient (Wildman–Crippen LogP) is 2.28. The van der Waals surface area contributed by atoms with Crippen molar-refractivity contribution in [2.75, 3.05) is 0 Å². The van der Waals surface area contributed by atoms with Crippen molar-refractivity contribution in [2.24, 2.45) is 0 Å². The van der Waals surface area contributed by atoms with E-state index in [1.807, 2.05) is 17.1 Å². The number of nitrogens with one attached hydrogen (secondary N) is 1. The monoisotopic (exact) mass is 261 g/mol. The van der Waals surface area contributed by atoms with Crippen molar-refractivity contribution in [1.82, 2.24) is 24.9 Å². The number of aryl methyl sites for hydroxylation is 1. The first-order valence-corrected chi connectivity index (χ1v) is 6.87. The minimum atomic E-state index is 0.411. The molecule has 0 fully saturated rings. The van der Waals surface area contributed by atoms with Gasteiger partial charge in [-0.05, 0) is 33.8 Å². The SMILES string of the molecule is CCn1ccc(CNCc2cnn(C(C)C)c2C)n1. The van der Waals surface area contributed by atoms with Crippen molar-refractivity contribution in [3.8, 4) is 0 Å². The molecule has 5 nitrogen and oxygen atoms in total. The van der Waals surface area contributed by atoms with Gasteiger partial charge in [0.1, 0.15) is 0 Å². The fourth-order valence-electron chi connectivity index (χ4n) is 2.15. The summed E-state index contributed by atoms with van der Waals surface area (Å²) in [5.41, 5.74) is 3.57. The first-order chi connectivity index (χ1) is 9.11. The third-order valence-electron chi connectivity index (χ3n) is 3.28. The van der Waals surface area contributed by atoms with Crippen LogP contribution >= 0.6 is 0 Å². The lowest BCUT2D eigenvalue weighted by atomic mass is 10.2. The van der Waals surface area contributed by atoms with Crippen molar-refractivity contribution in [1.29, 1.82) is 0 Å². The van der Waals surface area contributed by atoms with E-state index in [1.54, 1.807) is 0 Å². The molecule has 0 spiro atoms. The summed E-state index contributed by atoms with van der Waals surface area (Å²) < 4.78 is 4.00. The van der Waals surface area contributed by atoms with E-state index in [0.29, 0.717) is 6.04 Å². The molecule has 0 unspecified atom stereocenters. The van der Waals surface area contributed by atoms with Gasteiger partial charge in [-0.15, -0.1) is 0 Å². The molecular weight excluding hydrogens is 238 g/mol. The number of hydrogen-bond acceptors (Lipinski definition) is 3. The molecule has 5 heteroatoms. The quantitative estimate of drug-likeness (QED) is 0.868. The van der Waals surface area contributed by atoms with Crippen LogP contribution in [0.25, 0.3) is 0 Å². The second-order valence-corrected chi connectivity index (χ2v) is 5.06. The Kier molecular flexibility index (Phi) is 4.37. The van der Waals surface area contributed by atoms with Crippen LogP contribution in [0.5, 0.6) is 0 Å². The smallest absolute Gasteiger partial charge is 0.0762 e. The van der Waals surface area contributed by atoms with E-state index in [2.05, 4.69) is 54.0 Å². The van der Waals surface area contributed by atoms with Gasteiger partial charge in [-0.1, -0.05) is 0 Å². The van der Waals surface area contributed by atoms with Gasteiger partial charge in [0.05, 0.1) is 11.9 Å². The van der Waals surface area contributed by atoms with Crippen LogP contribution in [-0.4, -0.2) is 19.6 Å². The highest BCUT2D eigenvalue weighted by molar-refractivity contribution is 5.16. The standard InChI is InChI=1S/C14H23N5/c1-5-18-7-6-14(17-18)10-15-8-13-9-16-19(11(2)3)12(13)4/h6-7,9,11,15H,5,8,10H2,1-4H3. The van der Waals surface area contributed by atoms with Gasteiger partial charge in [-0.2, -0.15) is 10.2 Å². The van der Waals surface area contributed by atoms with Crippen LogP contribution in [0.3, 0.4) is 0 Å². The molecule has 0 radical (unpaired) electrons. The van der Waals surface area contributed by atoms with E-state index in [-0.39, 0.29) is 0 Å². The average Bonchev–Trinajstić information content (AvgIpc) is 2.97. The summed E-state index contributed by atoms with van der Waals surface area (Å²) in [7, 11) is 0. The third-order valence-corrected chi connectivity index (χ3v) is 3.28. The summed E-state index contributed by atoms with van der Waals surface area (Å²) in [5, 5.41) is 12.3. The zero-order valence-electron chi connectivity index (χ0n) is 12.2. The fourth-order valence-corrected chi connectivity index (χ4v) is 2.15. The maximum atomic E-state index is 4.45. The predicted molar refractivity (Wildman–Crippen MR) is 75.8 cm³/mol. The molecule has 0 aliphatic heterocycles. The number of aromatic nitrogens is 4. The minimum Gasteiger partial charge on any atom is -0.307 e. The van der Waals surface area contributed by atoms with Crippen LogP contribution < -0.4 is 5.32 Å². The Morgan fingerprint density at radius 2 is 2.11 bits per heavy atom. The van der Waals surface area contributed by atoms with Gasteiger partial charge in [0.2, 0.25) is 0 Å². The lowest BCUT2D eigenvalue weighted by Gasteiger charge is -2.09. The molecule has 19 heavy (non-hydrogen) atoms. The van der Waals surface area contributed by atoms with Crippen LogP contribution in [-0.2, 0) is 19.6 Å². The second kappa shape index (κ2) is 6.02. The molecule has 0 bridgehead atoms. The summed E-state index contributed by atoms with van der Waals surface area (Å²) in [5.74, 6) is 0. The van der Waals surface area contributed by atoms with Gasteiger partial charge in [-0.3, -0.25) is 9.36 Å². The molecule has 0 aliphatic rings. The molecule has 2 aromatic heterocycles. The Balaban J connectivity index is 1.89. The Hall–Kier alpha value is -1.62. The molecule has 0 aromatic carbocycles. The molecule has 104 valence electrons. The van der Waals surface area contributed by atoms with E-state index in [4.69, 9.17) is 0 Å². The molecule has 0 saturated heterocycles. The topological polar surface area (TPSA) is 47.7 Å². The summed E-state index contributed by atoms with van der Waals surface area (Å²) in [6.07, 6.45) is 3.96. The Bertz CT molecular complexity index is 524. The third kappa shape index (κ3) is 3.23. The maximum Gasteiger partial charge on any atom is 0.0762 e. The summed E-state index contributed by atoms with van der Waals surface area (Å²) in [4.78, 5) is 0. The van der Waals surface area contributed by atoms with Gasteiger partial charge < -0.3 is 5.32 Å². The van der Waals surface area contributed by atoms with Crippen molar-refractivity contribution >= 4 is 0 Å². The lowest BCUT2D eigenvalue weighted by molar-refractivity contribution is 0.517. The minimum absolute atomic E-state index is 0.411. The molecule has 0 amide bonds. The summed E-state index contributed by atoms with van der Waals surface area (Å²) in [6.45, 7) is 11.0. The Morgan fingerprint density at radius 3 is 2.68 bits per heavy atom. The van der Waals surface area contributed by atoms with Crippen LogP contribution in [0, 0.1) is 6.92 Å². The molecule has 2 heterocycles. The van der Waals surface area contributed by atoms with Crippen molar-refractivity contribution in [2.45, 2.75) is 53.4 Å². The first kappa shape index (κ1) is 13.8. The molecule has 0 saturated carbocycles. The lowest BCUT2D eigenvalue weighted by Crippen LogP contribution is -2.14. The molecule has 2 aromatic rings. The fraction of sp³-hybridized carbons (Fsp3) is 0.571. The number of nitrogens with zero attached hydrogens (tertiary/aromatic N) is 4. The molecular formula is C14H23N5. The van der Waals surface area contributed by atoms with Crippen LogP contribution in [0.2, 0.25) is 0 Å². The van der Waals surface area contributed by atoms with E-state index < -0.39 is 0 Å². The van der Waals surface area contributed by atoms with Crippen LogP contribution in [0.15, 0.2) is 18.5 Å². The zero-order chi connectivity index (χ0) is 13.8. The molecule has 0 atom stereocenters. The maximum absolute atomic E-state index is 4.45. The molecule has 1 N–H and O–H groups in total. The van der Waals surface area contributed by atoms with Gasteiger partial charge in [0.15, 0.2) is 0 Å². The van der Waals surface area contributed by atoms with Gasteiger partial charge in [-0.25, -0.2) is 0 Å². The highest BCUT2D eigenvalue weighted by Crippen LogP contribution is 2.12. The Labute approximate surface area is 114 Å². The van der Waals surface area contributed by atoms with Crippen LogP contribution in [0.4, 0.5) is 0 Å². The van der Waals surface area contributed by atoms with Gasteiger partial charge >= 0.3 is 0 Å². The van der Waals surface area contributed by atoms with E-state index in [1.165, 1.54) is 11.3 Å². The van der Waals surface area contributed by atoms with Crippen LogP contribution in [0.1, 0.15) is 43.8 Å². The van der Waals surface area contributed by atoms with E-state index in [0.717, 1.165) is 25.3 Å².